The first kappa shape index (κ1) is 17.3. The van der Waals surface area contributed by atoms with E-state index in [1.54, 1.807) is 4.90 Å². The number of para-hydroxylation sites is 1. The Morgan fingerprint density at radius 3 is 2.81 bits per heavy atom. The third-order valence-electron chi connectivity index (χ3n) is 4.79. The number of benzene rings is 1. The van der Waals surface area contributed by atoms with E-state index >= 15 is 0 Å². The zero-order valence-corrected chi connectivity index (χ0v) is 15.8. The van der Waals surface area contributed by atoms with Crippen molar-refractivity contribution in [2.75, 3.05) is 25.4 Å². The number of amides is 1. The van der Waals surface area contributed by atoms with Crippen molar-refractivity contribution in [3.8, 4) is 5.75 Å². The Hall–Kier alpha value is -2.12. The molecule has 136 valence electrons. The van der Waals surface area contributed by atoms with Crippen molar-refractivity contribution in [3.05, 3.63) is 57.8 Å². The predicted octanol–water partition coefficient (Wildman–Crippen LogP) is 2.91. The van der Waals surface area contributed by atoms with Crippen molar-refractivity contribution in [1.29, 1.82) is 0 Å². The summed E-state index contributed by atoms with van der Waals surface area (Å²) in [7, 11) is -3.26. The van der Waals surface area contributed by atoms with Crippen molar-refractivity contribution in [2.24, 2.45) is 0 Å². The number of sulfone groups is 1. The second-order valence-corrected chi connectivity index (χ2v) is 9.73. The van der Waals surface area contributed by atoms with E-state index in [0.717, 1.165) is 16.2 Å². The highest BCUT2D eigenvalue weighted by Crippen LogP contribution is 2.33. The third-order valence-corrected chi connectivity index (χ3v) is 8.04. The number of rotatable bonds is 2. The highest BCUT2D eigenvalue weighted by atomic mass is 32.2. The molecule has 1 saturated heterocycles. The first-order valence-corrected chi connectivity index (χ1v) is 11.1. The molecule has 1 aromatic heterocycles. The Kier molecular flexibility index (Phi) is 4.58. The third kappa shape index (κ3) is 3.29. The molecule has 1 amide bonds. The van der Waals surface area contributed by atoms with Gasteiger partial charge in [0.1, 0.15) is 12.4 Å². The minimum Gasteiger partial charge on any atom is -0.488 e. The van der Waals surface area contributed by atoms with Gasteiger partial charge in [-0.05, 0) is 30.0 Å². The predicted molar refractivity (Wildman–Crippen MR) is 102 cm³/mol. The summed E-state index contributed by atoms with van der Waals surface area (Å²) < 4.78 is 30.9. The molecular weight excluding hydrogens is 370 g/mol. The minimum absolute atomic E-state index is 0.00791. The van der Waals surface area contributed by atoms with Gasteiger partial charge in [0, 0.05) is 23.5 Å². The van der Waals surface area contributed by atoms with E-state index in [0.29, 0.717) is 18.5 Å². The molecule has 0 bridgehead atoms. The number of carbonyl (C=O) groups excluding carboxylic acids is 1. The lowest BCUT2D eigenvalue weighted by Crippen LogP contribution is -2.36. The van der Waals surface area contributed by atoms with Crippen LogP contribution in [0.3, 0.4) is 0 Å². The SMILES string of the molecule is O=C(C1=Cc2ccccc2OC1)N1CC[C@H](c2cccs2)S(=O)(=O)CC1. The molecular formula is C19H19NO4S2. The van der Waals surface area contributed by atoms with Gasteiger partial charge in [-0.2, -0.15) is 0 Å². The van der Waals surface area contributed by atoms with Crippen molar-refractivity contribution in [2.45, 2.75) is 11.7 Å². The summed E-state index contributed by atoms with van der Waals surface area (Å²) in [5.74, 6) is 0.619. The molecule has 0 radical (unpaired) electrons. The van der Waals surface area contributed by atoms with Crippen LogP contribution in [0.4, 0.5) is 0 Å². The van der Waals surface area contributed by atoms with Gasteiger partial charge in [0.25, 0.3) is 5.91 Å². The fourth-order valence-corrected chi connectivity index (χ4v) is 6.39. The van der Waals surface area contributed by atoms with Crippen LogP contribution < -0.4 is 4.74 Å². The molecule has 1 atom stereocenters. The molecule has 4 rings (SSSR count). The molecule has 2 aromatic rings. The number of carbonyl (C=O) groups is 1. The first-order chi connectivity index (χ1) is 12.5. The summed E-state index contributed by atoms with van der Waals surface area (Å²) in [4.78, 5) is 15.4. The highest BCUT2D eigenvalue weighted by molar-refractivity contribution is 7.91. The second-order valence-electron chi connectivity index (χ2n) is 6.45. The van der Waals surface area contributed by atoms with Crippen molar-refractivity contribution in [1.82, 2.24) is 4.90 Å². The maximum absolute atomic E-state index is 12.9. The second kappa shape index (κ2) is 6.89. The van der Waals surface area contributed by atoms with Crippen LogP contribution in [0.15, 0.2) is 47.4 Å². The summed E-state index contributed by atoms with van der Waals surface area (Å²) >= 11 is 1.46. The van der Waals surface area contributed by atoms with Crippen LogP contribution >= 0.6 is 11.3 Å². The Balaban J connectivity index is 1.54. The Morgan fingerprint density at radius 2 is 2.00 bits per heavy atom. The average Bonchev–Trinajstić information content (AvgIpc) is 3.12. The lowest BCUT2D eigenvalue weighted by atomic mass is 10.1. The van der Waals surface area contributed by atoms with E-state index in [1.807, 2.05) is 47.9 Å². The van der Waals surface area contributed by atoms with Crippen molar-refractivity contribution < 1.29 is 17.9 Å². The summed E-state index contributed by atoms with van der Waals surface area (Å²) in [5, 5.41) is 1.37. The Morgan fingerprint density at radius 1 is 1.15 bits per heavy atom. The lowest BCUT2D eigenvalue weighted by Gasteiger charge is -2.24. The molecule has 0 N–H and O–H groups in total. The van der Waals surface area contributed by atoms with E-state index in [9.17, 15) is 13.2 Å². The Bertz CT molecular complexity index is 948. The number of nitrogens with zero attached hydrogens (tertiary/aromatic N) is 1. The molecule has 26 heavy (non-hydrogen) atoms. The highest BCUT2D eigenvalue weighted by Gasteiger charge is 2.34. The summed E-state index contributed by atoms with van der Waals surface area (Å²) in [6, 6.07) is 11.3. The summed E-state index contributed by atoms with van der Waals surface area (Å²) in [6.45, 7) is 0.870. The molecule has 0 aliphatic carbocycles. The molecule has 3 heterocycles. The molecule has 0 spiro atoms. The van der Waals surface area contributed by atoms with Gasteiger partial charge in [-0.25, -0.2) is 8.42 Å². The van der Waals surface area contributed by atoms with Crippen LogP contribution in [0.2, 0.25) is 0 Å². The van der Waals surface area contributed by atoms with E-state index in [2.05, 4.69) is 0 Å². The van der Waals surface area contributed by atoms with Gasteiger partial charge >= 0.3 is 0 Å². The Labute approximate surface area is 156 Å². The lowest BCUT2D eigenvalue weighted by molar-refractivity contribution is -0.127. The van der Waals surface area contributed by atoms with E-state index in [4.69, 9.17) is 4.74 Å². The zero-order valence-electron chi connectivity index (χ0n) is 14.1. The number of ether oxygens (including phenoxy) is 1. The van der Waals surface area contributed by atoms with Crippen LogP contribution in [0.25, 0.3) is 6.08 Å². The fraction of sp³-hybridized carbons (Fsp3) is 0.316. The quantitative estimate of drug-likeness (QED) is 0.792. The van der Waals surface area contributed by atoms with Crippen LogP contribution in [-0.4, -0.2) is 44.7 Å². The summed E-state index contributed by atoms with van der Waals surface area (Å²) in [6.07, 6.45) is 2.27. The monoisotopic (exact) mass is 389 g/mol. The van der Waals surface area contributed by atoms with Gasteiger partial charge in [0.15, 0.2) is 9.84 Å². The van der Waals surface area contributed by atoms with Gasteiger partial charge in [-0.15, -0.1) is 11.3 Å². The molecule has 1 aromatic carbocycles. The van der Waals surface area contributed by atoms with Crippen LogP contribution in [0, 0.1) is 0 Å². The zero-order chi connectivity index (χ0) is 18.1. The van der Waals surface area contributed by atoms with Gasteiger partial charge < -0.3 is 9.64 Å². The standard InChI is InChI=1S/C19H19NO4S2/c21-19(15-12-14-4-1-2-5-16(14)24-13-15)20-8-7-18(17-6-3-10-25-17)26(22,23)11-9-20/h1-6,10,12,18H,7-9,11,13H2/t18-/m1/s1. The van der Waals surface area contributed by atoms with E-state index in [-0.39, 0.29) is 24.8 Å². The molecule has 0 unspecified atom stereocenters. The molecule has 2 aliphatic rings. The molecule has 2 aliphatic heterocycles. The topological polar surface area (TPSA) is 63.7 Å². The van der Waals surface area contributed by atoms with E-state index in [1.165, 1.54) is 11.3 Å². The van der Waals surface area contributed by atoms with E-state index < -0.39 is 15.1 Å². The normalized spacial score (nSPS) is 21.9. The summed E-state index contributed by atoms with van der Waals surface area (Å²) in [5.41, 5.74) is 1.44. The van der Waals surface area contributed by atoms with Crippen molar-refractivity contribution >= 4 is 33.2 Å². The number of thiophene rings is 1. The molecule has 1 fully saturated rings. The van der Waals surface area contributed by atoms with Crippen molar-refractivity contribution in [3.63, 3.8) is 0 Å². The van der Waals surface area contributed by atoms with Gasteiger partial charge in [0.05, 0.1) is 16.6 Å². The average molecular weight is 389 g/mol. The molecule has 5 nitrogen and oxygen atoms in total. The maximum Gasteiger partial charge on any atom is 0.253 e. The smallest absolute Gasteiger partial charge is 0.253 e. The van der Waals surface area contributed by atoms with Crippen LogP contribution in [0.1, 0.15) is 22.1 Å². The molecule has 7 heteroatoms. The maximum atomic E-state index is 12.9. The largest absolute Gasteiger partial charge is 0.488 e. The first-order valence-electron chi connectivity index (χ1n) is 8.51. The molecule has 0 saturated carbocycles. The van der Waals surface area contributed by atoms with Gasteiger partial charge in [-0.1, -0.05) is 24.3 Å². The van der Waals surface area contributed by atoms with Gasteiger partial charge in [0.2, 0.25) is 0 Å². The number of hydrogen-bond donors (Lipinski definition) is 0. The number of fused-ring (bicyclic) bond motifs is 1. The minimum atomic E-state index is -3.26. The number of hydrogen-bond acceptors (Lipinski definition) is 5. The van der Waals surface area contributed by atoms with Crippen LogP contribution in [-0.2, 0) is 14.6 Å². The van der Waals surface area contributed by atoms with Crippen LogP contribution in [0.5, 0.6) is 5.75 Å². The fourth-order valence-electron chi connectivity index (χ4n) is 3.38. The van der Waals surface area contributed by atoms with Gasteiger partial charge in [-0.3, -0.25) is 4.79 Å².